The van der Waals surface area contributed by atoms with E-state index in [-0.39, 0.29) is 16.2 Å². The summed E-state index contributed by atoms with van der Waals surface area (Å²) in [6, 6.07) is 20.5. The van der Waals surface area contributed by atoms with Gasteiger partial charge < -0.3 is 9.64 Å². The summed E-state index contributed by atoms with van der Waals surface area (Å²) in [5, 5.41) is 10.3. The maximum atomic E-state index is 13.1. The number of benzene rings is 3. The maximum absolute atomic E-state index is 13.1. The van der Waals surface area contributed by atoms with Gasteiger partial charge in [0.25, 0.3) is 16.8 Å². The zero-order chi connectivity index (χ0) is 27.9. The molecule has 0 saturated carbocycles. The second-order valence-electron chi connectivity index (χ2n) is 8.66. The largest absolute Gasteiger partial charge is 0.488 e. The molecule has 0 aromatic heterocycles. The minimum absolute atomic E-state index is 0.155. The minimum atomic E-state index is -0.581. The first-order valence-corrected chi connectivity index (χ1v) is 13.2. The molecule has 3 aromatic carbocycles. The van der Waals surface area contributed by atoms with E-state index in [0.29, 0.717) is 17.9 Å². The fraction of sp³-hybridized carbons (Fsp3) is 0.207. The quantitative estimate of drug-likeness (QED) is 0.126. The second kappa shape index (κ2) is 12.4. The van der Waals surface area contributed by atoms with Crippen LogP contribution < -0.4 is 9.64 Å². The van der Waals surface area contributed by atoms with Gasteiger partial charge in [-0.05, 0) is 61.5 Å². The molecule has 9 nitrogen and oxygen atoms in total. The third kappa shape index (κ3) is 6.53. The van der Waals surface area contributed by atoms with Crippen molar-refractivity contribution >= 4 is 46.1 Å². The fourth-order valence-corrected chi connectivity index (χ4v) is 4.90. The standard InChI is InChI=1S/C29H27N3O6S/c1-3-30(4-2)24-15-12-22(26(17-24)38-19-20-8-6-5-7-9-20)16-27-28(34)31(29(35)39-27)18-25(33)21-10-13-23(14-11-21)32(36)37/h5-17H,3-4,18-19H2,1-2H3/b27-16+. The number of nitro groups is 1. The number of non-ortho nitro benzene ring substituents is 1. The topological polar surface area (TPSA) is 110 Å². The molecule has 0 N–H and O–H groups in total. The molecule has 39 heavy (non-hydrogen) atoms. The van der Waals surface area contributed by atoms with E-state index in [9.17, 15) is 24.5 Å². The molecule has 1 saturated heterocycles. The summed E-state index contributed by atoms with van der Waals surface area (Å²) < 4.78 is 6.16. The predicted octanol–water partition coefficient (Wildman–Crippen LogP) is 5.94. The molecule has 0 bridgehead atoms. The lowest BCUT2D eigenvalue weighted by Gasteiger charge is -2.22. The Labute approximate surface area is 230 Å². The molecule has 1 heterocycles. The Balaban J connectivity index is 1.56. The van der Waals surface area contributed by atoms with Gasteiger partial charge in [-0.25, -0.2) is 0 Å². The average molecular weight is 546 g/mol. The van der Waals surface area contributed by atoms with Gasteiger partial charge >= 0.3 is 0 Å². The highest BCUT2D eigenvalue weighted by atomic mass is 32.2. The summed E-state index contributed by atoms with van der Waals surface area (Å²) in [5.74, 6) is -0.511. The summed E-state index contributed by atoms with van der Waals surface area (Å²) in [6.07, 6.45) is 1.60. The van der Waals surface area contributed by atoms with Gasteiger partial charge in [0.2, 0.25) is 0 Å². The maximum Gasteiger partial charge on any atom is 0.293 e. The lowest BCUT2D eigenvalue weighted by atomic mass is 10.1. The van der Waals surface area contributed by atoms with E-state index < -0.39 is 28.4 Å². The van der Waals surface area contributed by atoms with Crippen LogP contribution >= 0.6 is 11.8 Å². The number of imide groups is 1. The summed E-state index contributed by atoms with van der Waals surface area (Å²) in [6.45, 7) is 5.63. The van der Waals surface area contributed by atoms with Crippen LogP contribution in [-0.4, -0.2) is 46.4 Å². The summed E-state index contributed by atoms with van der Waals surface area (Å²) in [7, 11) is 0. The van der Waals surface area contributed by atoms with Gasteiger partial charge in [0.1, 0.15) is 12.4 Å². The summed E-state index contributed by atoms with van der Waals surface area (Å²) in [4.78, 5) is 52.0. The fourth-order valence-electron chi connectivity index (χ4n) is 4.07. The van der Waals surface area contributed by atoms with Crippen LogP contribution in [0, 0.1) is 10.1 Å². The monoisotopic (exact) mass is 545 g/mol. The molecule has 1 fully saturated rings. The van der Waals surface area contributed by atoms with Gasteiger partial charge in [0.05, 0.1) is 16.4 Å². The number of rotatable bonds is 11. The molecule has 2 amide bonds. The molecule has 0 aliphatic carbocycles. The van der Waals surface area contributed by atoms with Gasteiger partial charge in [-0.1, -0.05) is 30.3 Å². The lowest BCUT2D eigenvalue weighted by molar-refractivity contribution is -0.384. The highest BCUT2D eigenvalue weighted by Gasteiger charge is 2.36. The zero-order valence-electron chi connectivity index (χ0n) is 21.5. The number of nitrogens with zero attached hydrogens (tertiary/aromatic N) is 3. The van der Waals surface area contributed by atoms with Crippen LogP contribution in [0.4, 0.5) is 16.2 Å². The number of hydrogen-bond donors (Lipinski definition) is 0. The minimum Gasteiger partial charge on any atom is -0.488 e. The van der Waals surface area contributed by atoms with Crippen molar-refractivity contribution < 1.29 is 24.0 Å². The Kier molecular flexibility index (Phi) is 8.77. The molecule has 1 aliphatic heterocycles. The van der Waals surface area contributed by atoms with E-state index in [1.165, 1.54) is 24.3 Å². The van der Waals surface area contributed by atoms with Crippen molar-refractivity contribution in [3.63, 3.8) is 0 Å². The van der Waals surface area contributed by atoms with Crippen LogP contribution in [0.25, 0.3) is 6.08 Å². The van der Waals surface area contributed by atoms with E-state index >= 15 is 0 Å². The molecule has 3 aromatic rings. The van der Waals surface area contributed by atoms with E-state index in [2.05, 4.69) is 18.7 Å². The van der Waals surface area contributed by atoms with Crippen molar-refractivity contribution in [1.29, 1.82) is 0 Å². The zero-order valence-corrected chi connectivity index (χ0v) is 22.3. The Morgan fingerprint density at radius 3 is 2.36 bits per heavy atom. The normalized spacial score (nSPS) is 14.1. The Bertz CT molecular complexity index is 1420. The number of hydrogen-bond acceptors (Lipinski definition) is 8. The highest BCUT2D eigenvalue weighted by molar-refractivity contribution is 8.18. The van der Waals surface area contributed by atoms with Crippen LogP contribution in [0.5, 0.6) is 5.75 Å². The van der Waals surface area contributed by atoms with Gasteiger partial charge in [-0.2, -0.15) is 0 Å². The second-order valence-corrected chi connectivity index (χ2v) is 9.66. The first kappa shape index (κ1) is 27.6. The number of anilines is 1. The number of ketones is 1. The number of thioether (sulfide) groups is 1. The molecule has 0 spiro atoms. The molecule has 10 heteroatoms. The van der Waals surface area contributed by atoms with E-state index in [4.69, 9.17) is 4.74 Å². The van der Waals surface area contributed by atoms with E-state index in [1.54, 1.807) is 6.08 Å². The smallest absolute Gasteiger partial charge is 0.293 e. The third-order valence-electron chi connectivity index (χ3n) is 6.22. The Hall–Kier alpha value is -4.44. The lowest BCUT2D eigenvalue weighted by Crippen LogP contribution is -2.33. The number of nitro benzene ring substituents is 1. The van der Waals surface area contributed by atoms with Crippen molar-refractivity contribution in [2.75, 3.05) is 24.5 Å². The first-order valence-electron chi connectivity index (χ1n) is 12.4. The number of amides is 2. The van der Waals surface area contributed by atoms with Gasteiger partial charge in [0, 0.05) is 48.1 Å². The van der Waals surface area contributed by atoms with Crippen molar-refractivity contribution in [1.82, 2.24) is 4.90 Å². The Morgan fingerprint density at radius 1 is 1.03 bits per heavy atom. The van der Waals surface area contributed by atoms with Crippen molar-refractivity contribution in [3.8, 4) is 5.75 Å². The van der Waals surface area contributed by atoms with Crippen molar-refractivity contribution in [2.45, 2.75) is 20.5 Å². The number of carbonyl (C=O) groups excluding carboxylic acids is 3. The number of Topliss-reactive ketones (excluding diaryl/α,β-unsaturated/α-hetero) is 1. The molecule has 1 aliphatic rings. The van der Waals surface area contributed by atoms with Crippen molar-refractivity contribution in [2.24, 2.45) is 0 Å². The molecule has 0 unspecified atom stereocenters. The molecule has 0 radical (unpaired) electrons. The van der Waals surface area contributed by atoms with Gasteiger partial charge in [0.15, 0.2) is 5.78 Å². The van der Waals surface area contributed by atoms with Crippen LogP contribution in [0.15, 0.2) is 77.7 Å². The first-order chi connectivity index (χ1) is 18.8. The van der Waals surface area contributed by atoms with E-state index in [1.807, 2.05) is 48.5 Å². The molecule has 4 rings (SSSR count). The Morgan fingerprint density at radius 2 is 1.72 bits per heavy atom. The predicted molar refractivity (Wildman–Crippen MR) is 151 cm³/mol. The van der Waals surface area contributed by atoms with Crippen LogP contribution in [0.2, 0.25) is 0 Å². The van der Waals surface area contributed by atoms with Crippen LogP contribution in [0.3, 0.4) is 0 Å². The number of ether oxygens (including phenoxy) is 1. The summed E-state index contributed by atoms with van der Waals surface area (Å²) in [5.41, 5.74) is 2.61. The average Bonchev–Trinajstić information content (AvgIpc) is 3.21. The van der Waals surface area contributed by atoms with Crippen molar-refractivity contribution in [3.05, 3.63) is 105 Å². The number of carbonyl (C=O) groups is 3. The van der Waals surface area contributed by atoms with E-state index in [0.717, 1.165) is 41.0 Å². The van der Waals surface area contributed by atoms with Gasteiger partial charge in [-0.3, -0.25) is 29.4 Å². The SMILES string of the molecule is CCN(CC)c1ccc(/C=C2/SC(=O)N(CC(=O)c3ccc([N+](=O)[O-])cc3)C2=O)c(OCc2ccccc2)c1. The summed E-state index contributed by atoms with van der Waals surface area (Å²) >= 11 is 0.754. The highest BCUT2D eigenvalue weighted by Crippen LogP contribution is 2.35. The van der Waals surface area contributed by atoms with Crippen LogP contribution in [0.1, 0.15) is 35.3 Å². The molecular formula is C29H27N3O6S. The molecule has 0 atom stereocenters. The molecule has 200 valence electrons. The van der Waals surface area contributed by atoms with Gasteiger partial charge in [-0.15, -0.1) is 0 Å². The van der Waals surface area contributed by atoms with Crippen LogP contribution in [-0.2, 0) is 11.4 Å². The molecular weight excluding hydrogens is 518 g/mol. The third-order valence-corrected chi connectivity index (χ3v) is 7.13.